The Bertz CT molecular complexity index is 414. The molecule has 3 heteroatoms. The van der Waals surface area contributed by atoms with Crippen LogP contribution in [0, 0.1) is 9.49 Å². The number of carbonyl (C=O) groups excluding carboxylic acids is 1. The lowest BCUT2D eigenvalue weighted by Crippen LogP contribution is -2.28. The predicted octanol–water partition coefficient (Wildman–Crippen LogP) is 3.23. The van der Waals surface area contributed by atoms with Crippen molar-refractivity contribution in [3.63, 3.8) is 0 Å². The Balaban J connectivity index is 2.19. The minimum atomic E-state index is 0.248. The molecule has 16 heavy (non-hydrogen) atoms. The molecule has 0 atom stereocenters. The van der Waals surface area contributed by atoms with Crippen LogP contribution >= 0.6 is 22.6 Å². The average Bonchev–Trinajstić information content (AvgIpc) is 2.50. The number of nitrogens with zero attached hydrogens (tertiary/aromatic N) is 1. The molecular formula is C13H16INO. The molecule has 0 radical (unpaired) electrons. The number of rotatable bonds is 3. The summed E-state index contributed by atoms with van der Waals surface area (Å²) in [6.45, 7) is 5.23. The molecular weight excluding hydrogens is 313 g/mol. The van der Waals surface area contributed by atoms with Gasteiger partial charge in [0.15, 0.2) is 0 Å². The number of anilines is 1. The third-order valence-corrected chi connectivity index (χ3v) is 3.58. The number of carbonyl (C=O) groups is 1. The lowest BCUT2D eigenvalue weighted by atomic mass is 10.1. The van der Waals surface area contributed by atoms with E-state index in [1.54, 1.807) is 0 Å². The Hall–Kier alpha value is -0.580. The van der Waals surface area contributed by atoms with Crippen molar-refractivity contribution in [3.8, 4) is 0 Å². The average molecular weight is 329 g/mol. The topological polar surface area (TPSA) is 20.3 Å². The summed E-state index contributed by atoms with van der Waals surface area (Å²) in [4.78, 5) is 13.8. The van der Waals surface area contributed by atoms with Crippen LogP contribution in [0.5, 0.6) is 0 Å². The quantitative estimate of drug-likeness (QED) is 0.780. The second kappa shape index (κ2) is 4.73. The molecule has 1 aromatic rings. The van der Waals surface area contributed by atoms with Crippen LogP contribution in [0.25, 0.3) is 0 Å². The first-order valence-corrected chi connectivity index (χ1v) is 6.74. The normalized spacial score (nSPS) is 14.8. The largest absolute Gasteiger partial charge is 0.312 e. The zero-order valence-electron chi connectivity index (χ0n) is 9.66. The Kier molecular flexibility index (Phi) is 3.52. The van der Waals surface area contributed by atoms with E-state index in [1.165, 1.54) is 9.13 Å². The lowest BCUT2D eigenvalue weighted by molar-refractivity contribution is -0.117. The molecule has 1 heterocycles. The molecule has 0 saturated heterocycles. The SMILES string of the molecule is CC(C)CCN1C(=O)Cc2cc(I)ccc21. The van der Waals surface area contributed by atoms with Crippen molar-refractivity contribution >= 4 is 34.2 Å². The molecule has 0 aliphatic carbocycles. The highest BCUT2D eigenvalue weighted by molar-refractivity contribution is 14.1. The molecule has 2 rings (SSSR count). The van der Waals surface area contributed by atoms with Crippen LogP contribution in [-0.4, -0.2) is 12.5 Å². The maximum absolute atomic E-state index is 11.9. The highest BCUT2D eigenvalue weighted by Gasteiger charge is 2.26. The third-order valence-electron chi connectivity index (χ3n) is 2.91. The molecule has 1 amide bonds. The van der Waals surface area contributed by atoms with Crippen LogP contribution < -0.4 is 4.90 Å². The molecule has 0 spiro atoms. The van der Waals surface area contributed by atoms with Gasteiger partial charge in [-0.25, -0.2) is 0 Å². The highest BCUT2D eigenvalue weighted by atomic mass is 127. The molecule has 0 unspecified atom stereocenters. The van der Waals surface area contributed by atoms with Gasteiger partial charge in [0.25, 0.3) is 0 Å². The van der Waals surface area contributed by atoms with Crippen LogP contribution in [0.1, 0.15) is 25.8 Å². The minimum Gasteiger partial charge on any atom is -0.312 e. The van der Waals surface area contributed by atoms with Gasteiger partial charge in [-0.05, 0) is 58.7 Å². The van der Waals surface area contributed by atoms with Gasteiger partial charge >= 0.3 is 0 Å². The Morgan fingerprint density at radius 1 is 1.44 bits per heavy atom. The first kappa shape index (κ1) is 11.9. The standard InChI is InChI=1S/C13H16INO/c1-9(2)5-6-15-12-4-3-11(14)7-10(12)8-13(15)16/h3-4,7,9H,5-6,8H2,1-2H3. The van der Waals surface area contributed by atoms with E-state index in [1.807, 2.05) is 4.90 Å². The molecule has 2 nitrogen and oxygen atoms in total. The second-order valence-corrected chi connectivity index (χ2v) is 5.92. The monoisotopic (exact) mass is 329 g/mol. The molecule has 1 aliphatic heterocycles. The van der Waals surface area contributed by atoms with E-state index >= 15 is 0 Å². The Labute approximate surface area is 110 Å². The van der Waals surface area contributed by atoms with Gasteiger partial charge < -0.3 is 4.90 Å². The van der Waals surface area contributed by atoms with E-state index in [9.17, 15) is 4.79 Å². The van der Waals surface area contributed by atoms with Gasteiger partial charge in [-0.1, -0.05) is 13.8 Å². The van der Waals surface area contributed by atoms with Gasteiger partial charge in [0.2, 0.25) is 5.91 Å². The van der Waals surface area contributed by atoms with E-state index in [-0.39, 0.29) is 5.91 Å². The Morgan fingerprint density at radius 2 is 2.19 bits per heavy atom. The van der Waals surface area contributed by atoms with E-state index in [4.69, 9.17) is 0 Å². The second-order valence-electron chi connectivity index (χ2n) is 4.68. The van der Waals surface area contributed by atoms with Crippen LogP contribution in [0.3, 0.4) is 0 Å². The van der Waals surface area contributed by atoms with Gasteiger partial charge in [-0.2, -0.15) is 0 Å². The van der Waals surface area contributed by atoms with Crippen LogP contribution in [0.15, 0.2) is 18.2 Å². The van der Waals surface area contributed by atoms with Crippen LogP contribution in [0.4, 0.5) is 5.69 Å². The van der Waals surface area contributed by atoms with E-state index in [2.05, 4.69) is 54.6 Å². The summed E-state index contributed by atoms with van der Waals surface area (Å²) in [7, 11) is 0. The highest BCUT2D eigenvalue weighted by Crippen LogP contribution is 2.30. The van der Waals surface area contributed by atoms with Crippen molar-refractivity contribution in [2.45, 2.75) is 26.7 Å². The number of hydrogen-bond acceptors (Lipinski definition) is 1. The van der Waals surface area contributed by atoms with Gasteiger partial charge in [0.1, 0.15) is 0 Å². The first-order valence-electron chi connectivity index (χ1n) is 5.66. The van der Waals surface area contributed by atoms with Crippen molar-refractivity contribution in [2.75, 3.05) is 11.4 Å². The van der Waals surface area contributed by atoms with Gasteiger partial charge in [0, 0.05) is 15.8 Å². The zero-order valence-corrected chi connectivity index (χ0v) is 11.8. The third kappa shape index (κ3) is 2.39. The summed E-state index contributed by atoms with van der Waals surface area (Å²) in [5, 5.41) is 0. The van der Waals surface area contributed by atoms with Crippen molar-refractivity contribution < 1.29 is 4.79 Å². The summed E-state index contributed by atoms with van der Waals surface area (Å²) in [6.07, 6.45) is 1.64. The van der Waals surface area contributed by atoms with Crippen molar-refractivity contribution in [1.82, 2.24) is 0 Å². The Morgan fingerprint density at radius 3 is 2.88 bits per heavy atom. The van der Waals surface area contributed by atoms with Crippen LogP contribution in [0.2, 0.25) is 0 Å². The maximum atomic E-state index is 11.9. The summed E-state index contributed by atoms with van der Waals surface area (Å²) < 4.78 is 1.20. The molecule has 0 aromatic heterocycles. The van der Waals surface area contributed by atoms with Crippen LogP contribution in [-0.2, 0) is 11.2 Å². The summed E-state index contributed by atoms with van der Waals surface area (Å²) in [6, 6.07) is 6.26. The fourth-order valence-electron chi connectivity index (χ4n) is 1.98. The summed E-state index contributed by atoms with van der Waals surface area (Å²) in [5.41, 5.74) is 2.30. The number of fused-ring (bicyclic) bond motifs is 1. The molecule has 0 saturated carbocycles. The number of halogens is 1. The summed E-state index contributed by atoms with van der Waals surface area (Å²) >= 11 is 2.29. The van der Waals surface area contributed by atoms with Gasteiger partial charge in [0.05, 0.1) is 6.42 Å². The van der Waals surface area contributed by atoms with E-state index in [0.717, 1.165) is 18.7 Å². The fraction of sp³-hybridized carbons (Fsp3) is 0.462. The minimum absolute atomic E-state index is 0.248. The number of benzene rings is 1. The molecule has 1 aliphatic rings. The van der Waals surface area contributed by atoms with Gasteiger partial charge in [-0.3, -0.25) is 4.79 Å². The molecule has 0 fully saturated rings. The van der Waals surface area contributed by atoms with Crippen molar-refractivity contribution in [2.24, 2.45) is 5.92 Å². The predicted molar refractivity (Wildman–Crippen MR) is 74.7 cm³/mol. The van der Waals surface area contributed by atoms with Crippen molar-refractivity contribution in [1.29, 1.82) is 0 Å². The molecule has 0 N–H and O–H groups in total. The van der Waals surface area contributed by atoms with Gasteiger partial charge in [-0.15, -0.1) is 0 Å². The van der Waals surface area contributed by atoms with Crippen molar-refractivity contribution in [3.05, 3.63) is 27.3 Å². The first-order chi connectivity index (χ1) is 7.58. The van der Waals surface area contributed by atoms with E-state index in [0.29, 0.717) is 12.3 Å². The zero-order chi connectivity index (χ0) is 11.7. The lowest BCUT2D eigenvalue weighted by Gasteiger charge is -2.18. The molecule has 86 valence electrons. The maximum Gasteiger partial charge on any atom is 0.231 e. The number of hydrogen-bond donors (Lipinski definition) is 0. The molecule has 1 aromatic carbocycles. The smallest absolute Gasteiger partial charge is 0.231 e. The number of amides is 1. The molecule has 0 bridgehead atoms. The summed E-state index contributed by atoms with van der Waals surface area (Å²) in [5.74, 6) is 0.887. The van der Waals surface area contributed by atoms with E-state index < -0.39 is 0 Å². The fourth-order valence-corrected chi connectivity index (χ4v) is 2.54.